The molecule has 0 saturated heterocycles. The highest BCUT2D eigenvalue weighted by atomic mass is 32.2. The van der Waals surface area contributed by atoms with E-state index in [-0.39, 0.29) is 5.63 Å². The summed E-state index contributed by atoms with van der Waals surface area (Å²) in [4.78, 5) is 12.1. The second kappa shape index (κ2) is 8.99. The Kier molecular flexibility index (Phi) is 5.75. The van der Waals surface area contributed by atoms with E-state index in [1.54, 1.807) is 19.4 Å². The summed E-state index contributed by atoms with van der Waals surface area (Å²) in [6.45, 7) is 2.45. The van der Waals surface area contributed by atoms with Crippen LogP contribution in [0.2, 0.25) is 0 Å². The third-order valence-corrected chi connectivity index (χ3v) is 6.30. The SMILES string of the molecule is COc1cccc(-c2nnc(SCc3cc(=O)oc4cc(C)ccc34)n2Cc2ccco2)c1. The molecule has 0 N–H and O–H groups in total. The summed E-state index contributed by atoms with van der Waals surface area (Å²) < 4.78 is 18.4. The molecule has 0 spiro atoms. The molecule has 3 heterocycles. The zero-order chi connectivity index (χ0) is 22.8. The molecule has 5 aromatic rings. The van der Waals surface area contributed by atoms with Crippen molar-refractivity contribution in [2.24, 2.45) is 0 Å². The predicted octanol–water partition coefficient (Wildman–Crippen LogP) is 5.30. The number of rotatable bonds is 7. The van der Waals surface area contributed by atoms with E-state index in [0.717, 1.165) is 38.7 Å². The van der Waals surface area contributed by atoms with Crippen LogP contribution in [-0.2, 0) is 12.3 Å². The van der Waals surface area contributed by atoms with Gasteiger partial charge in [0.05, 0.1) is 19.9 Å². The van der Waals surface area contributed by atoms with Gasteiger partial charge in [-0.3, -0.25) is 4.57 Å². The fourth-order valence-corrected chi connectivity index (χ4v) is 4.60. The van der Waals surface area contributed by atoms with E-state index in [4.69, 9.17) is 13.6 Å². The molecule has 0 saturated carbocycles. The monoisotopic (exact) mass is 459 g/mol. The van der Waals surface area contributed by atoms with Crippen molar-refractivity contribution >= 4 is 22.7 Å². The molecule has 0 aliphatic rings. The van der Waals surface area contributed by atoms with Crippen molar-refractivity contribution in [3.05, 3.63) is 94.2 Å². The van der Waals surface area contributed by atoms with Crippen molar-refractivity contribution in [3.8, 4) is 17.1 Å². The number of hydrogen-bond donors (Lipinski definition) is 0. The Hall–Kier alpha value is -3.78. The van der Waals surface area contributed by atoms with Crippen molar-refractivity contribution in [2.75, 3.05) is 7.11 Å². The molecule has 0 radical (unpaired) electrons. The van der Waals surface area contributed by atoms with E-state index in [9.17, 15) is 4.79 Å². The van der Waals surface area contributed by atoms with Gasteiger partial charge in [0.2, 0.25) is 0 Å². The smallest absolute Gasteiger partial charge is 0.336 e. The standard InChI is InChI=1S/C25H21N3O4S/c1-16-8-9-21-18(13-23(29)32-22(21)11-16)15-33-25-27-26-24(17-5-3-6-19(12-17)30-2)28(25)14-20-7-4-10-31-20/h3-13H,14-15H2,1-2H3. The van der Waals surface area contributed by atoms with E-state index in [2.05, 4.69) is 10.2 Å². The molecule has 7 nitrogen and oxygen atoms in total. The molecule has 0 bridgehead atoms. The number of aryl methyl sites for hydroxylation is 1. The highest BCUT2D eigenvalue weighted by molar-refractivity contribution is 7.98. The molecule has 3 aromatic heterocycles. The Morgan fingerprint density at radius 3 is 2.79 bits per heavy atom. The van der Waals surface area contributed by atoms with Crippen LogP contribution >= 0.6 is 11.8 Å². The van der Waals surface area contributed by atoms with Crippen molar-refractivity contribution < 1.29 is 13.6 Å². The first-order valence-electron chi connectivity index (χ1n) is 10.4. The number of ether oxygens (including phenoxy) is 1. The lowest BCUT2D eigenvalue weighted by molar-refractivity contribution is 0.415. The molecular formula is C25H21N3O4S. The Morgan fingerprint density at radius 2 is 1.97 bits per heavy atom. The lowest BCUT2D eigenvalue weighted by Gasteiger charge is -2.10. The molecular weight excluding hydrogens is 438 g/mol. The number of fused-ring (bicyclic) bond motifs is 1. The fourth-order valence-electron chi connectivity index (χ4n) is 3.67. The van der Waals surface area contributed by atoms with Gasteiger partial charge in [-0.2, -0.15) is 0 Å². The first-order valence-corrected chi connectivity index (χ1v) is 11.4. The highest BCUT2D eigenvalue weighted by Gasteiger charge is 2.17. The highest BCUT2D eigenvalue weighted by Crippen LogP contribution is 2.30. The van der Waals surface area contributed by atoms with Crippen LogP contribution in [0.3, 0.4) is 0 Å². The number of hydrogen-bond acceptors (Lipinski definition) is 7. The van der Waals surface area contributed by atoms with E-state index in [1.165, 1.54) is 11.8 Å². The Labute approximate surface area is 194 Å². The van der Waals surface area contributed by atoms with Crippen LogP contribution < -0.4 is 10.4 Å². The minimum absolute atomic E-state index is 0.363. The largest absolute Gasteiger partial charge is 0.497 e. The van der Waals surface area contributed by atoms with Gasteiger partial charge in [0.25, 0.3) is 0 Å². The topological polar surface area (TPSA) is 83.3 Å². The first-order chi connectivity index (χ1) is 16.1. The average Bonchev–Trinajstić information content (AvgIpc) is 3.47. The molecule has 2 aromatic carbocycles. The van der Waals surface area contributed by atoms with E-state index < -0.39 is 0 Å². The minimum atomic E-state index is -0.363. The van der Waals surface area contributed by atoms with Crippen molar-refractivity contribution in [1.29, 1.82) is 0 Å². The number of thioether (sulfide) groups is 1. The van der Waals surface area contributed by atoms with Crippen LogP contribution in [0.5, 0.6) is 5.75 Å². The number of nitrogens with zero attached hydrogens (tertiary/aromatic N) is 3. The Bertz CT molecular complexity index is 1470. The minimum Gasteiger partial charge on any atom is -0.497 e. The molecule has 33 heavy (non-hydrogen) atoms. The first kappa shape index (κ1) is 21.1. The summed E-state index contributed by atoms with van der Waals surface area (Å²) in [5.41, 5.74) is 3.05. The third kappa shape index (κ3) is 4.42. The van der Waals surface area contributed by atoms with Gasteiger partial charge < -0.3 is 13.6 Å². The molecule has 166 valence electrons. The lowest BCUT2D eigenvalue weighted by atomic mass is 10.1. The quantitative estimate of drug-likeness (QED) is 0.241. The number of furan rings is 1. The third-order valence-electron chi connectivity index (χ3n) is 5.28. The summed E-state index contributed by atoms with van der Waals surface area (Å²) in [5.74, 6) is 2.79. The molecule has 0 atom stereocenters. The second-order valence-corrected chi connectivity index (χ2v) is 8.53. The van der Waals surface area contributed by atoms with Crippen molar-refractivity contribution in [2.45, 2.75) is 24.4 Å². The van der Waals surface area contributed by atoms with Gasteiger partial charge >= 0.3 is 5.63 Å². The zero-order valence-corrected chi connectivity index (χ0v) is 19.0. The van der Waals surface area contributed by atoms with Gasteiger partial charge in [-0.05, 0) is 48.4 Å². The summed E-state index contributed by atoms with van der Waals surface area (Å²) in [5, 5.41) is 10.5. The van der Waals surface area contributed by atoms with Gasteiger partial charge in [0.1, 0.15) is 17.1 Å². The normalized spacial score (nSPS) is 11.2. The van der Waals surface area contributed by atoms with Gasteiger partial charge in [0.15, 0.2) is 11.0 Å². The zero-order valence-electron chi connectivity index (χ0n) is 18.1. The molecule has 8 heteroatoms. The van der Waals surface area contributed by atoms with Crippen LogP contribution in [0.1, 0.15) is 16.9 Å². The Balaban J connectivity index is 1.51. The summed E-state index contributed by atoms with van der Waals surface area (Å²) in [7, 11) is 1.64. The molecule has 0 unspecified atom stereocenters. The lowest BCUT2D eigenvalue weighted by Crippen LogP contribution is -2.04. The summed E-state index contributed by atoms with van der Waals surface area (Å²) >= 11 is 1.51. The summed E-state index contributed by atoms with van der Waals surface area (Å²) in [6, 6.07) is 18.9. The molecule has 0 aliphatic carbocycles. The molecule has 0 amide bonds. The van der Waals surface area contributed by atoms with E-state index in [1.807, 2.05) is 66.1 Å². The fraction of sp³-hybridized carbons (Fsp3) is 0.160. The predicted molar refractivity (Wildman–Crippen MR) is 127 cm³/mol. The number of benzene rings is 2. The molecule has 0 aliphatic heterocycles. The Morgan fingerprint density at radius 1 is 1.06 bits per heavy atom. The van der Waals surface area contributed by atoms with Crippen LogP contribution in [0.15, 0.2) is 85.7 Å². The van der Waals surface area contributed by atoms with E-state index in [0.29, 0.717) is 23.7 Å². The van der Waals surface area contributed by atoms with Gasteiger partial charge in [0, 0.05) is 22.8 Å². The van der Waals surface area contributed by atoms with Gasteiger partial charge in [-0.1, -0.05) is 36.0 Å². The van der Waals surface area contributed by atoms with Crippen LogP contribution in [-0.4, -0.2) is 21.9 Å². The summed E-state index contributed by atoms with van der Waals surface area (Å²) in [6.07, 6.45) is 1.65. The maximum Gasteiger partial charge on any atom is 0.336 e. The van der Waals surface area contributed by atoms with Crippen molar-refractivity contribution in [1.82, 2.24) is 14.8 Å². The maximum absolute atomic E-state index is 12.1. The van der Waals surface area contributed by atoms with Crippen molar-refractivity contribution in [3.63, 3.8) is 0 Å². The van der Waals surface area contributed by atoms with Gasteiger partial charge in [-0.25, -0.2) is 4.79 Å². The van der Waals surface area contributed by atoms with E-state index >= 15 is 0 Å². The van der Waals surface area contributed by atoms with Crippen LogP contribution in [0.25, 0.3) is 22.4 Å². The maximum atomic E-state index is 12.1. The van der Waals surface area contributed by atoms with Crippen LogP contribution in [0, 0.1) is 6.92 Å². The van der Waals surface area contributed by atoms with Gasteiger partial charge in [-0.15, -0.1) is 10.2 Å². The average molecular weight is 460 g/mol. The number of aromatic nitrogens is 3. The second-order valence-electron chi connectivity index (χ2n) is 7.58. The van der Waals surface area contributed by atoms with Crippen LogP contribution in [0.4, 0.5) is 0 Å². The molecule has 5 rings (SSSR count). The molecule has 0 fully saturated rings. The number of methoxy groups -OCH3 is 1.